The van der Waals surface area contributed by atoms with E-state index in [0.29, 0.717) is 24.2 Å². The van der Waals surface area contributed by atoms with E-state index in [4.69, 9.17) is 5.14 Å². The summed E-state index contributed by atoms with van der Waals surface area (Å²) in [5.74, 6) is -1.30. The van der Waals surface area contributed by atoms with Crippen LogP contribution < -0.4 is 14.9 Å². The molecule has 0 spiro atoms. The molecular formula is C26H27FN4O3S. The molecule has 9 heteroatoms. The summed E-state index contributed by atoms with van der Waals surface area (Å²) in [4.78, 5) is 21.3. The number of nitrogens with zero attached hydrogens (tertiary/aromatic N) is 3. The van der Waals surface area contributed by atoms with Crippen molar-refractivity contribution in [3.8, 4) is 11.3 Å². The number of fused-ring (bicyclic) bond motifs is 1. The first-order chi connectivity index (χ1) is 16.5. The summed E-state index contributed by atoms with van der Waals surface area (Å²) in [6.07, 6.45) is 2.21. The van der Waals surface area contributed by atoms with Crippen molar-refractivity contribution in [2.75, 3.05) is 16.3 Å². The molecule has 1 amide bonds. The summed E-state index contributed by atoms with van der Waals surface area (Å²) in [6.45, 7) is 6.45. The Balaban J connectivity index is 1.39. The third kappa shape index (κ3) is 3.88. The van der Waals surface area contributed by atoms with E-state index in [2.05, 4.69) is 9.88 Å². The van der Waals surface area contributed by atoms with Gasteiger partial charge in [-0.2, -0.15) is 0 Å². The molecule has 1 saturated heterocycles. The zero-order valence-electron chi connectivity index (χ0n) is 19.8. The van der Waals surface area contributed by atoms with E-state index in [-0.39, 0.29) is 17.9 Å². The highest BCUT2D eigenvalue weighted by Crippen LogP contribution is 2.44. The second-order valence-electron chi connectivity index (χ2n) is 9.80. The molecule has 35 heavy (non-hydrogen) atoms. The molecule has 1 aromatic heterocycles. The molecule has 182 valence electrons. The molecule has 2 N–H and O–H groups in total. The van der Waals surface area contributed by atoms with Crippen LogP contribution in [0.15, 0.2) is 65.7 Å². The number of primary sulfonamides is 1. The standard InChI is InChI=1S/C26H27FN4O3S/c1-16-12-18-13-21(27)24(35(28,33)34)14-23(18)31(16)25(32)20-15-30(26(20,2)3)19-9-7-17(8-10-19)22-6-4-5-11-29-22/h4-11,13-14,16,20H,12,15H2,1-3H3,(H2,28,33,34)/t16-,20+/m0/s1. The van der Waals surface area contributed by atoms with Crippen molar-refractivity contribution < 1.29 is 17.6 Å². The van der Waals surface area contributed by atoms with Gasteiger partial charge in [-0.05, 0) is 69.2 Å². The second-order valence-corrected chi connectivity index (χ2v) is 11.3. The van der Waals surface area contributed by atoms with Crippen LogP contribution in [0.3, 0.4) is 0 Å². The smallest absolute Gasteiger partial charge is 0.241 e. The average Bonchev–Trinajstić information content (AvgIpc) is 3.12. The highest BCUT2D eigenvalue weighted by Gasteiger charge is 2.53. The van der Waals surface area contributed by atoms with E-state index >= 15 is 0 Å². The van der Waals surface area contributed by atoms with Gasteiger partial charge in [-0.25, -0.2) is 17.9 Å². The van der Waals surface area contributed by atoms with Crippen LogP contribution in [0.1, 0.15) is 26.3 Å². The number of benzene rings is 2. The van der Waals surface area contributed by atoms with Gasteiger partial charge in [0.2, 0.25) is 15.9 Å². The molecule has 0 unspecified atom stereocenters. The van der Waals surface area contributed by atoms with E-state index < -0.39 is 26.3 Å². The zero-order valence-corrected chi connectivity index (χ0v) is 20.6. The predicted molar refractivity (Wildman–Crippen MR) is 133 cm³/mol. The predicted octanol–water partition coefficient (Wildman–Crippen LogP) is 3.73. The summed E-state index contributed by atoms with van der Waals surface area (Å²) in [6, 6.07) is 16.0. The van der Waals surface area contributed by atoms with Gasteiger partial charge in [-0.15, -0.1) is 0 Å². The van der Waals surface area contributed by atoms with E-state index in [9.17, 15) is 17.6 Å². The van der Waals surface area contributed by atoms with Gasteiger partial charge < -0.3 is 9.80 Å². The van der Waals surface area contributed by atoms with Crippen molar-refractivity contribution in [1.82, 2.24) is 4.98 Å². The minimum absolute atomic E-state index is 0.102. The number of aromatic nitrogens is 1. The van der Waals surface area contributed by atoms with Gasteiger partial charge in [0.15, 0.2) is 0 Å². The molecule has 0 aliphatic carbocycles. The number of rotatable bonds is 4. The van der Waals surface area contributed by atoms with Gasteiger partial charge in [-0.3, -0.25) is 9.78 Å². The maximum atomic E-state index is 14.4. The molecule has 2 aromatic carbocycles. The molecule has 7 nitrogen and oxygen atoms in total. The van der Waals surface area contributed by atoms with E-state index in [1.807, 2.05) is 63.2 Å². The first-order valence-corrected chi connectivity index (χ1v) is 13.0. The molecule has 0 saturated carbocycles. The lowest BCUT2D eigenvalue weighted by molar-refractivity contribution is -0.126. The number of halogens is 1. The molecule has 0 radical (unpaired) electrons. The van der Waals surface area contributed by atoms with Crippen molar-refractivity contribution in [3.05, 3.63) is 72.2 Å². The largest absolute Gasteiger partial charge is 0.365 e. The lowest BCUT2D eigenvalue weighted by Crippen LogP contribution is -2.69. The van der Waals surface area contributed by atoms with Gasteiger partial charge in [0.25, 0.3) is 0 Å². The molecular weight excluding hydrogens is 467 g/mol. The monoisotopic (exact) mass is 494 g/mol. The summed E-state index contributed by atoms with van der Waals surface area (Å²) < 4.78 is 38.1. The Morgan fingerprint density at radius 2 is 1.86 bits per heavy atom. The van der Waals surface area contributed by atoms with Crippen LogP contribution in [0.5, 0.6) is 0 Å². The molecule has 3 heterocycles. The summed E-state index contributed by atoms with van der Waals surface area (Å²) >= 11 is 0. The van der Waals surface area contributed by atoms with Crippen molar-refractivity contribution in [3.63, 3.8) is 0 Å². The third-order valence-electron chi connectivity index (χ3n) is 7.24. The highest BCUT2D eigenvalue weighted by atomic mass is 32.2. The average molecular weight is 495 g/mol. The van der Waals surface area contributed by atoms with Crippen LogP contribution in [0.25, 0.3) is 11.3 Å². The minimum Gasteiger partial charge on any atom is -0.365 e. The number of sulfonamides is 1. The Kier molecular flexibility index (Phi) is 5.45. The second kappa shape index (κ2) is 8.13. The number of carbonyl (C=O) groups is 1. The van der Waals surface area contributed by atoms with Crippen LogP contribution in [0.2, 0.25) is 0 Å². The Morgan fingerprint density at radius 3 is 2.46 bits per heavy atom. The number of amides is 1. The summed E-state index contributed by atoms with van der Waals surface area (Å²) in [5, 5.41) is 5.20. The number of nitrogens with two attached hydrogens (primary N) is 1. The van der Waals surface area contributed by atoms with Crippen molar-refractivity contribution >= 4 is 27.3 Å². The number of hydrogen-bond donors (Lipinski definition) is 1. The molecule has 0 bridgehead atoms. The van der Waals surface area contributed by atoms with Crippen LogP contribution in [0, 0.1) is 11.7 Å². The van der Waals surface area contributed by atoms with Crippen molar-refractivity contribution in [2.24, 2.45) is 11.1 Å². The van der Waals surface area contributed by atoms with Gasteiger partial charge in [0.05, 0.1) is 11.6 Å². The molecule has 2 atom stereocenters. The van der Waals surface area contributed by atoms with Crippen LogP contribution >= 0.6 is 0 Å². The van der Waals surface area contributed by atoms with Crippen LogP contribution in [0.4, 0.5) is 15.8 Å². The third-order valence-corrected chi connectivity index (χ3v) is 8.17. The summed E-state index contributed by atoms with van der Waals surface area (Å²) in [7, 11) is -4.25. The zero-order chi connectivity index (χ0) is 25.1. The molecule has 3 aromatic rings. The first kappa shape index (κ1) is 23.4. The molecule has 5 rings (SSSR count). The lowest BCUT2D eigenvalue weighted by atomic mass is 9.75. The Hall–Kier alpha value is -3.30. The summed E-state index contributed by atoms with van der Waals surface area (Å²) in [5.41, 5.74) is 3.48. The van der Waals surface area contributed by atoms with Crippen LogP contribution in [-0.2, 0) is 21.2 Å². The topological polar surface area (TPSA) is 96.6 Å². The first-order valence-electron chi connectivity index (χ1n) is 11.5. The quantitative estimate of drug-likeness (QED) is 0.596. The minimum atomic E-state index is -4.25. The van der Waals surface area contributed by atoms with E-state index in [1.54, 1.807) is 11.1 Å². The Labute approximate surface area is 204 Å². The number of hydrogen-bond acceptors (Lipinski definition) is 5. The van der Waals surface area contributed by atoms with Crippen molar-refractivity contribution in [1.29, 1.82) is 0 Å². The fourth-order valence-electron chi connectivity index (χ4n) is 5.22. The Morgan fingerprint density at radius 1 is 1.14 bits per heavy atom. The molecule has 2 aliphatic heterocycles. The molecule has 2 aliphatic rings. The normalized spacial score (nSPS) is 20.9. The van der Waals surface area contributed by atoms with Gasteiger partial charge in [0, 0.05) is 41.3 Å². The van der Waals surface area contributed by atoms with E-state index in [1.165, 1.54) is 12.1 Å². The lowest BCUT2D eigenvalue weighted by Gasteiger charge is -2.56. The number of pyridine rings is 1. The van der Waals surface area contributed by atoms with Gasteiger partial charge in [0.1, 0.15) is 10.7 Å². The van der Waals surface area contributed by atoms with E-state index in [0.717, 1.165) is 16.9 Å². The fourth-order valence-corrected chi connectivity index (χ4v) is 5.83. The highest BCUT2D eigenvalue weighted by molar-refractivity contribution is 7.89. The SMILES string of the molecule is C[C@H]1Cc2cc(F)c(S(N)(=O)=O)cc2N1C(=O)[C@H]1CN(c2ccc(-c3ccccn3)cc2)C1(C)C. The maximum absolute atomic E-state index is 14.4. The van der Waals surface area contributed by atoms with Crippen LogP contribution in [-0.4, -0.2) is 37.4 Å². The molecule has 1 fully saturated rings. The van der Waals surface area contributed by atoms with Gasteiger partial charge in [-0.1, -0.05) is 18.2 Å². The van der Waals surface area contributed by atoms with Gasteiger partial charge >= 0.3 is 0 Å². The Bertz CT molecular complexity index is 1410. The van der Waals surface area contributed by atoms with Crippen molar-refractivity contribution in [2.45, 2.75) is 43.7 Å². The number of carbonyl (C=O) groups excluding carboxylic acids is 1. The fraction of sp³-hybridized carbons (Fsp3) is 0.308. The maximum Gasteiger partial charge on any atom is 0.241 e. The number of anilines is 2.